The third kappa shape index (κ3) is 10.5. The van der Waals surface area contributed by atoms with Gasteiger partial charge in [0.1, 0.15) is 59.4 Å². The molecule has 3 fully saturated rings. The summed E-state index contributed by atoms with van der Waals surface area (Å²) in [6, 6.07) is 26.3. The van der Waals surface area contributed by atoms with Crippen LogP contribution in [0.25, 0.3) is 27.9 Å². The first-order valence-corrected chi connectivity index (χ1v) is 24.8. The van der Waals surface area contributed by atoms with E-state index >= 15 is 0 Å². The molecule has 7 heterocycles. The SMILES string of the molecule is CCN(CC)c1ccc2cc(-c3cn(-c4ccc(N5CCOc6cc(C)ccc6N6CC67COCCOCC6(COCCOC7)CN6c6ccc(C)cc6OCC5)c(OCCOC)c4)nn3)c(=O)oc2c1. The van der Waals surface area contributed by atoms with Gasteiger partial charge in [-0.25, -0.2) is 9.48 Å². The number of aromatic nitrogens is 3. The first kappa shape index (κ1) is 48.3. The fraction of sp³-hybridized carbons (Fsp3) is 0.463. The van der Waals surface area contributed by atoms with E-state index in [1.165, 1.54) is 0 Å². The molecule has 17 nitrogen and oxygen atoms in total. The van der Waals surface area contributed by atoms with Crippen molar-refractivity contribution in [2.24, 2.45) is 0 Å². The van der Waals surface area contributed by atoms with Crippen LogP contribution < -0.4 is 39.4 Å². The van der Waals surface area contributed by atoms with Crippen LogP contribution in [-0.4, -0.2) is 152 Å². The third-order valence-corrected chi connectivity index (χ3v) is 13.8. The number of benzene rings is 4. The monoisotopic (exact) mass is 971 g/mol. The molecule has 0 amide bonds. The summed E-state index contributed by atoms with van der Waals surface area (Å²) in [6.07, 6.45) is 1.73. The van der Waals surface area contributed by atoms with Gasteiger partial charge in [-0.1, -0.05) is 17.3 Å². The Hall–Kier alpha value is -6.37. The molecule has 5 aliphatic heterocycles. The number of ether oxygens (including phenoxy) is 8. The van der Waals surface area contributed by atoms with Gasteiger partial charge in [-0.05, 0) is 93.4 Å². The highest BCUT2D eigenvalue weighted by Crippen LogP contribution is 2.46. The van der Waals surface area contributed by atoms with Crippen molar-refractivity contribution in [3.63, 3.8) is 0 Å². The van der Waals surface area contributed by atoms with E-state index in [9.17, 15) is 4.79 Å². The van der Waals surface area contributed by atoms with Crippen molar-refractivity contribution in [3.05, 3.63) is 107 Å². The molecule has 11 rings (SSSR count). The number of methoxy groups -OCH3 is 1. The largest absolute Gasteiger partial charge is 0.490 e. The number of fused-ring (bicyclic) bond motifs is 17. The predicted octanol–water partition coefficient (Wildman–Crippen LogP) is 6.70. The Balaban J connectivity index is 0.970. The lowest BCUT2D eigenvalue weighted by atomic mass is 10.1. The van der Waals surface area contributed by atoms with E-state index in [0.29, 0.717) is 121 Å². The Bertz CT molecular complexity index is 2760. The fourth-order valence-electron chi connectivity index (χ4n) is 9.70. The maximum Gasteiger partial charge on any atom is 0.345 e. The second-order valence-corrected chi connectivity index (χ2v) is 18.8. The zero-order valence-electron chi connectivity index (χ0n) is 41.5. The van der Waals surface area contributed by atoms with Crippen molar-refractivity contribution < 1.29 is 42.3 Å². The van der Waals surface area contributed by atoms with Crippen molar-refractivity contribution in [2.75, 3.05) is 145 Å². The van der Waals surface area contributed by atoms with Crippen LogP contribution in [0.15, 0.2) is 94.3 Å². The Morgan fingerprint density at radius 1 is 0.676 bits per heavy atom. The maximum atomic E-state index is 13.4. The Morgan fingerprint density at radius 3 is 1.85 bits per heavy atom. The van der Waals surface area contributed by atoms with E-state index in [2.05, 4.69) is 94.0 Å². The molecule has 2 spiro atoms. The van der Waals surface area contributed by atoms with Gasteiger partial charge in [0.2, 0.25) is 0 Å². The minimum absolute atomic E-state index is 0.305. The molecule has 71 heavy (non-hydrogen) atoms. The quantitative estimate of drug-likeness (QED) is 0.0620. The van der Waals surface area contributed by atoms with Crippen molar-refractivity contribution in [3.8, 4) is 34.2 Å². The molecule has 2 aromatic heterocycles. The second-order valence-electron chi connectivity index (χ2n) is 18.8. The van der Waals surface area contributed by atoms with Gasteiger partial charge in [0.25, 0.3) is 0 Å². The van der Waals surface area contributed by atoms with Crippen molar-refractivity contribution in [1.82, 2.24) is 15.0 Å². The summed E-state index contributed by atoms with van der Waals surface area (Å²) in [5.41, 5.74) is 6.76. The first-order chi connectivity index (χ1) is 34.7. The molecule has 0 N–H and O–H groups in total. The van der Waals surface area contributed by atoms with Crippen LogP contribution in [-0.2, 0) is 23.7 Å². The van der Waals surface area contributed by atoms with Gasteiger partial charge in [-0.15, -0.1) is 5.10 Å². The number of nitrogens with zero attached hydrogens (tertiary/aromatic N) is 7. The molecule has 5 aliphatic rings. The first-order valence-electron chi connectivity index (χ1n) is 24.8. The summed E-state index contributed by atoms with van der Waals surface area (Å²) >= 11 is 0. The second kappa shape index (κ2) is 21.2. The van der Waals surface area contributed by atoms with Crippen LogP contribution in [0.1, 0.15) is 25.0 Å². The van der Waals surface area contributed by atoms with Gasteiger partial charge in [0, 0.05) is 56.5 Å². The van der Waals surface area contributed by atoms with E-state index in [0.717, 1.165) is 76.9 Å². The van der Waals surface area contributed by atoms with Gasteiger partial charge in [-0.2, -0.15) is 0 Å². The van der Waals surface area contributed by atoms with Crippen LogP contribution in [0.2, 0.25) is 0 Å². The van der Waals surface area contributed by atoms with Gasteiger partial charge in [-0.3, -0.25) is 0 Å². The van der Waals surface area contributed by atoms with Crippen molar-refractivity contribution in [2.45, 2.75) is 38.8 Å². The summed E-state index contributed by atoms with van der Waals surface area (Å²) in [4.78, 5) is 22.5. The Morgan fingerprint density at radius 2 is 1.27 bits per heavy atom. The van der Waals surface area contributed by atoms with Crippen LogP contribution >= 0.6 is 0 Å². The van der Waals surface area contributed by atoms with Crippen molar-refractivity contribution >= 4 is 33.7 Å². The molecule has 3 saturated heterocycles. The molecule has 4 aromatic carbocycles. The van der Waals surface area contributed by atoms with Gasteiger partial charge >= 0.3 is 5.63 Å². The lowest BCUT2D eigenvalue weighted by Gasteiger charge is -2.28. The number of hydrogen-bond acceptors (Lipinski definition) is 16. The average Bonchev–Trinajstić information content (AvgIpc) is 4.20. The number of rotatable bonds is 10. The molecule has 6 aromatic rings. The Kier molecular flexibility index (Phi) is 14.4. The molecular formula is C54H65N7O10. The number of anilines is 4. The van der Waals surface area contributed by atoms with Crippen LogP contribution in [0.3, 0.4) is 0 Å². The van der Waals surface area contributed by atoms with E-state index < -0.39 is 5.63 Å². The predicted molar refractivity (Wildman–Crippen MR) is 273 cm³/mol. The average molecular weight is 972 g/mol. The van der Waals surface area contributed by atoms with Crippen LogP contribution in [0.4, 0.5) is 22.7 Å². The number of hydrogen-bond donors (Lipinski definition) is 0. The molecule has 0 unspecified atom stereocenters. The highest BCUT2D eigenvalue weighted by molar-refractivity contribution is 5.84. The standard InChI is InChI=1S/C54H65N7O10/c1-6-57(7-2)41-11-10-40-28-43(52(62)71-48(40)29-41)44-31-61(56-55-44)42-12-15-45(51(30-42)70-25-20-63-5)58-16-18-68-49-26-38(3)8-13-46(49)59-32-53(59)34-64-21-23-66-36-54(37-67-24-22-65-35-53)33-60(54)47-14-9-39(4)27-50(47)69-19-17-58/h8-15,26-31H,6-7,16-25,32-37H2,1-5H3. The minimum atomic E-state index is -0.488. The minimum Gasteiger partial charge on any atom is -0.490 e. The van der Waals surface area contributed by atoms with Crippen molar-refractivity contribution in [1.29, 1.82) is 0 Å². The highest BCUT2D eigenvalue weighted by atomic mass is 16.5. The van der Waals surface area contributed by atoms with Gasteiger partial charge in [0.15, 0.2) is 0 Å². The van der Waals surface area contributed by atoms with E-state index in [-0.39, 0.29) is 11.1 Å². The lowest BCUT2D eigenvalue weighted by Crippen LogP contribution is -2.35. The summed E-state index contributed by atoms with van der Waals surface area (Å²) in [7, 11) is 1.65. The molecule has 0 saturated carbocycles. The van der Waals surface area contributed by atoms with E-state index in [4.69, 9.17) is 42.3 Å². The summed E-state index contributed by atoms with van der Waals surface area (Å²) in [6.45, 7) is 17.9. The van der Waals surface area contributed by atoms with E-state index in [1.54, 1.807) is 18.0 Å². The lowest BCUT2D eigenvalue weighted by molar-refractivity contribution is -0.0163. The summed E-state index contributed by atoms with van der Waals surface area (Å²) in [5.74, 6) is 2.19. The zero-order valence-corrected chi connectivity index (χ0v) is 41.5. The normalized spacial score (nSPS) is 20.9. The Labute approximate surface area is 414 Å². The number of aryl methyl sites for hydroxylation is 2. The highest BCUT2D eigenvalue weighted by Gasteiger charge is 2.55. The topological polar surface area (TPSA) is 147 Å². The third-order valence-electron chi connectivity index (χ3n) is 13.8. The maximum absolute atomic E-state index is 13.4. The smallest absolute Gasteiger partial charge is 0.345 e. The molecule has 0 atom stereocenters. The summed E-state index contributed by atoms with van der Waals surface area (Å²) < 4.78 is 58.3. The summed E-state index contributed by atoms with van der Waals surface area (Å²) in [5, 5.41) is 9.70. The van der Waals surface area contributed by atoms with E-state index in [1.807, 2.05) is 42.5 Å². The molecule has 376 valence electrons. The van der Waals surface area contributed by atoms with Crippen LogP contribution in [0, 0.1) is 13.8 Å². The zero-order chi connectivity index (χ0) is 49.0. The van der Waals surface area contributed by atoms with Gasteiger partial charge in [0.05, 0.1) is 107 Å². The van der Waals surface area contributed by atoms with Gasteiger partial charge < -0.3 is 61.9 Å². The molecule has 0 aliphatic carbocycles. The van der Waals surface area contributed by atoms with Crippen LogP contribution in [0.5, 0.6) is 17.2 Å². The fourth-order valence-corrected chi connectivity index (χ4v) is 9.70. The molecule has 2 bridgehead atoms. The molecule has 0 radical (unpaired) electrons. The molecular weight excluding hydrogens is 907 g/mol. The molecule has 17 heteroatoms.